The second kappa shape index (κ2) is 6.93. The molecular weight excluding hydrogens is 256 g/mol. The summed E-state index contributed by atoms with van der Waals surface area (Å²) < 4.78 is 0. The molecule has 0 radical (unpaired) electrons. The Morgan fingerprint density at radius 1 is 1.25 bits per heavy atom. The number of carbonyl (C=O) groups excluding carboxylic acids is 1. The van der Waals surface area contributed by atoms with Crippen LogP contribution in [-0.2, 0) is 11.2 Å². The molecule has 0 spiro atoms. The topological polar surface area (TPSA) is 78.4 Å². The van der Waals surface area contributed by atoms with Crippen molar-refractivity contribution in [2.45, 2.75) is 33.6 Å². The highest BCUT2D eigenvalue weighted by molar-refractivity contribution is 5.90. The standard InChI is InChI=1S/C15H22N2O3/c1-4-7-11-8-5-6-9-12(11)17-14(20)16-10-15(2,3)13(18)19/h5-6,8-9H,4,7,10H2,1-3H3,(H,18,19)(H2,16,17,20). The highest BCUT2D eigenvalue weighted by Crippen LogP contribution is 2.17. The summed E-state index contributed by atoms with van der Waals surface area (Å²) >= 11 is 0. The maximum absolute atomic E-state index is 11.8. The molecule has 1 aromatic rings. The van der Waals surface area contributed by atoms with E-state index >= 15 is 0 Å². The SMILES string of the molecule is CCCc1ccccc1NC(=O)NCC(C)(C)C(=O)O. The largest absolute Gasteiger partial charge is 0.481 e. The lowest BCUT2D eigenvalue weighted by molar-refractivity contribution is -0.146. The quantitative estimate of drug-likeness (QED) is 0.748. The van der Waals surface area contributed by atoms with Crippen molar-refractivity contribution in [1.29, 1.82) is 0 Å². The van der Waals surface area contributed by atoms with Crippen LogP contribution in [0, 0.1) is 5.41 Å². The molecule has 0 atom stereocenters. The van der Waals surface area contributed by atoms with Crippen LogP contribution in [-0.4, -0.2) is 23.7 Å². The Balaban J connectivity index is 2.61. The Kier molecular flexibility index (Phi) is 5.55. The molecule has 20 heavy (non-hydrogen) atoms. The Hall–Kier alpha value is -2.04. The second-order valence-electron chi connectivity index (χ2n) is 5.40. The summed E-state index contributed by atoms with van der Waals surface area (Å²) in [7, 11) is 0. The molecule has 5 nitrogen and oxygen atoms in total. The number of aliphatic carboxylic acids is 1. The van der Waals surface area contributed by atoms with Crippen LogP contribution in [0.4, 0.5) is 10.5 Å². The van der Waals surface area contributed by atoms with Gasteiger partial charge in [-0.3, -0.25) is 4.79 Å². The number of rotatable bonds is 6. The van der Waals surface area contributed by atoms with Gasteiger partial charge in [0.2, 0.25) is 0 Å². The first-order chi connectivity index (χ1) is 9.36. The van der Waals surface area contributed by atoms with E-state index in [1.165, 1.54) is 0 Å². The Bertz CT molecular complexity index is 484. The van der Waals surface area contributed by atoms with Crippen LogP contribution >= 0.6 is 0 Å². The molecule has 0 aromatic heterocycles. The number of urea groups is 1. The monoisotopic (exact) mass is 278 g/mol. The predicted molar refractivity (Wildman–Crippen MR) is 78.9 cm³/mol. The third-order valence-corrected chi connectivity index (χ3v) is 3.05. The van der Waals surface area contributed by atoms with E-state index in [0.717, 1.165) is 24.1 Å². The van der Waals surface area contributed by atoms with Crippen LogP contribution in [0.1, 0.15) is 32.8 Å². The molecule has 1 rings (SSSR count). The molecule has 3 N–H and O–H groups in total. The van der Waals surface area contributed by atoms with E-state index in [-0.39, 0.29) is 12.6 Å². The highest BCUT2D eigenvalue weighted by Gasteiger charge is 2.27. The number of benzene rings is 1. The molecule has 2 amide bonds. The number of amides is 2. The molecule has 0 aliphatic carbocycles. The van der Waals surface area contributed by atoms with E-state index in [0.29, 0.717) is 0 Å². The number of hydrogen-bond donors (Lipinski definition) is 3. The lowest BCUT2D eigenvalue weighted by atomic mass is 9.94. The molecule has 0 heterocycles. The molecule has 0 saturated carbocycles. The van der Waals surface area contributed by atoms with Crippen molar-refractivity contribution in [1.82, 2.24) is 5.32 Å². The maximum Gasteiger partial charge on any atom is 0.319 e. The number of carbonyl (C=O) groups is 2. The fourth-order valence-corrected chi connectivity index (χ4v) is 1.67. The van der Waals surface area contributed by atoms with Crippen molar-refractivity contribution in [3.05, 3.63) is 29.8 Å². The molecule has 0 aliphatic rings. The molecule has 0 unspecified atom stereocenters. The van der Waals surface area contributed by atoms with Gasteiger partial charge in [0.05, 0.1) is 5.41 Å². The smallest absolute Gasteiger partial charge is 0.319 e. The lowest BCUT2D eigenvalue weighted by Gasteiger charge is -2.20. The zero-order valence-corrected chi connectivity index (χ0v) is 12.2. The van der Waals surface area contributed by atoms with Gasteiger partial charge in [0.25, 0.3) is 0 Å². The molecule has 5 heteroatoms. The van der Waals surface area contributed by atoms with Crippen LogP contribution < -0.4 is 10.6 Å². The fourth-order valence-electron chi connectivity index (χ4n) is 1.67. The van der Waals surface area contributed by atoms with Crippen molar-refractivity contribution < 1.29 is 14.7 Å². The number of hydrogen-bond acceptors (Lipinski definition) is 2. The fraction of sp³-hybridized carbons (Fsp3) is 0.467. The maximum atomic E-state index is 11.8. The minimum Gasteiger partial charge on any atom is -0.481 e. The van der Waals surface area contributed by atoms with Crippen LogP contribution in [0.15, 0.2) is 24.3 Å². The number of para-hydroxylation sites is 1. The Morgan fingerprint density at radius 3 is 2.50 bits per heavy atom. The number of nitrogens with one attached hydrogen (secondary N) is 2. The molecule has 0 fully saturated rings. The number of aryl methyl sites for hydroxylation is 1. The summed E-state index contributed by atoms with van der Waals surface area (Å²) in [5, 5.41) is 14.3. The lowest BCUT2D eigenvalue weighted by Crippen LogP contribution is -2.40. The van der Waals surface area contributed by atoms with E-state index in [1.807, 2.05) is 24.3 Å². The van der Waals surface area contributed by atoms with Crippen LogP contribution in [0.2, 0.25) is 0 Å². The first-order valence-electron chi connectivity index (χ1n) is 6.73. The summed E-state index contributed by atoms with van der Waals surface area (Å²) in [6.07, 6.45) is 1.88. The summed E-state index contributed by atoms with van der Waals surface area (Å²) in [5.74, 6) is -0.941. The van der Waals surface area contributed by atoms with Crippen molar-refractivity contribution in [2.24, 2.45) is 5.41 Å². The van der Waals surface area contributed by atoms with E-state index in [4.69, 9.17) is 5.11 Å². The van der Waals surface area contributed by atoms with E-state index in [2.05, 4.69) is 17.6 Å². The first-order valence-corrected chi connectivity index (χ1v) is 6.73. The zero-order chi connectivity index (χ0) is 15.2. The van der Waals surface area contributed by atoms with Crippen molar-refractivity contribution in [3.63, 3.8) is 0 Å². The highest BCUT2D eigenvalue weighted by atomic mass is 16.4. The van der Waals surface area contributed by atoms with Crippen molar-refractivity contribution in [2.75, 3.05) is 11.9 Å². The average Bonchev–Trinajstić information content (AvgIpc) is 2.39. The van der Waals surface area contributed by atoms with Crippen molar-refractivity contribution in [3.8, 4) is 0 Å². The van der Waals surface area contributed by atoms with Crippen LogP contribution in [0.3, 0.4) is 0 Å². The summed E-state index contributed by atoms with van der Waals surface area (Å²) in [5.41, 5.74) is 0.850. The normalized spacial score (nSPS) is 10.9. The summed E-state index contributed by atoms with van der Waals surface area (Å²) in [6.45, 7) is 5.29. The molecule has 0 saturated heterocycles. The number of carboxylic acids is 1. The summed E-state index contributed by atoms with van der Waals surface area (Å²) in [6, 6.07) is 7.22. The first kappa shape index (κ1) is 16.0. The number of anilines is 1. The van der Waals surface area contributed by atoms with E-state index in [9.17, 15) is 9.59 Å². The van der Waals surface area contributed by atoms with E-state index in [1.54, 1.807) is 13.8 Å². The molecular formula is C15H22N2O3. The minimum absolute atomic E-state index is 0.0735. The zero-order valence-electron chi connectivity index (χ0n) is 12.2. The third-order valence-electron chi connectivity index (χ3n) is 3.05. The molecule has 0 aliphatic heterocycles. The second-order valence-corrected chi connectivity index (χ2v) is 5.40. The molecule has 110 valence electrons. The number of carboxylic acid groups (broad SMARTS) is 1. The Labute approximate surface area is 119 Å². The van der Waals surface area contributed by atoms with Gasteiger partial charge >= 0.3 is 12.0 Å². The third kappa shape index (κ3) is 4.57. The minimum atomic E-state index is -0.986. The average molecular weight is 278 g/mol. The van der Waals surface area contributed by atoms with Gasteiger partial charge in [0, 0.05) is 12.2 Å². The summed E-state index contributed by atoms with van der Waals surface area (Å²) in [4.78, 5) is 22.8. The van der Waals surface area contributed by atoms with Gasteiger partial charge in [-0.1, -0.05) is 31.5 Å². The van der Waals surface area contributed by atoms with Gasteiger partial charge in [-0.05, 0) is 31.9 Å². The Morgan fingerprint density at radius 2 is 1.90 bits per heavy atom. The van der Waals surface area contributed by atoms with Gasteiger partial charge in [-0.2, -0.15) is 0 Å². The van der Waals surface area contributed by atoms with E-state index < -0.39 is 11.4 Å². The van der Waals surface area contributed by atoms with Gasteiger partial charge in [0.15, 0.2) is 0 Å². The molecule has 1 aromatic carbocycles. The van der Waals surface area contributed by atoms with Gasteiger partial charge in [-0.15, -0.1) is 0 Å². The predicted octanol–water partition coefficient (Wildman–Crippen LogP) is 2.87. The van der Waals surface area contributed by atoms with Gasteiger partial charge in [0.1, 0.15) is 0 Å². The van der Waals surface area contributed by atoms with Gasteiger partial charge in [-0.25, -0.2) is 4.79 Å². The van der Waals surface area contributed by atoms with Crippen LogP contribution in [0.5, 0.6) is 0 Å². The molecule has 0 bridgehead atoms. The van der Waals surface area contributed by atoms with Crippen LogP contribution in [0.25, 0.3) is 0 Å². The van der Waals surface area contributed by atoms with Crippen molar-refractivity contribution >= 4 is 17.7 Å². The van der Waals surface area contributed by atoms with Gasteiger partial charge < -0.3 is 15.7 Å².